The second-order valence-corrected chi connectivity index (χ2v) is 7.12. The summed E-state index contributed by atoms with van der Waals surface area (Å²) >= 11 is 0. The summed E-state index contributed by atoms with van der Waals surface area (Å²) < 4.78 is 5.46. The van der Waals surface area contributed by atoms with Gasteiger partial charge in [0, 0.05) is 31.7 Å². The van der Waals surface area contributed by atoms with Crippen LogP contribution < -0.4 is 0 Å². The molecule has 1 unspecified atom stereocenters. The van der Waals surface area contributed by atoms with Crippen LogP contribution in [0.3, 0.4) is 0 Å². The minimum Gasteiger partial charge on any atom is -0.343 e. The van der Waals surface area contributed by atoms with Crippen molar-refractivity contribution in [2.24, 2.45) is 0 Å². The highest BCUT2D eigenvalue weighted by Crippen LogP contribution is 2.23. The van der Waals surface area contributed by atoms with Crippen LogP contribution in [0.15, 0.2) is 28.9 Å². The third-order valence-corrected chi connectivity index (χ3v) is 5.35. The van der Waals surface area contributed by atoms with Crippen molar-refractivity contribution in [1.29, 1.82) is 0 Å². The zero-order valence-electron chi connectivity index (χ0n) is 15.0. The predicted octanol–water partition coefficient (Wildman–Crippen LogP) is 2.50. The Labute approximate surface area is 153 Å². The second kappa shape index (κ2) is 7.95. The van der Waals surface area contributed by atoms with Crippen molar-refractivity contribution in [1.82, 2.24) is 24.9 Å². The number of amides is 1. The minimum atomic E-state index is 0.310. The summed E-state index contributed by atoms with van der Waals surface area (Å²) in [5.41, 5.74) is 0.727. The largest absolute Gasteiger partial charge is 0.343 e. The predicted molar refractivity (Wildman–Crippen MR) is 96.0 cm³/mol. The molecule has 2 aliphatic heterocycles. The molecule has 138 valence electrons. The Morgan fingerprint density at radius 2 is 2.15 bits per heavy atom. The van der Waals surface area contributed by atoms with E-state index in [0.717, 1.165) is 38.2 Å². The maximum atomic E-state index is 11.8. The lowest BCUT2D eigenvalue weighted by atomic mass is 9.99. The van der Waals surface area contributed by atoms with Crippen molar-refractivity contribution in [2.75, 3.05) is 19.6 Å². The molecular formula is C19H25N5O2. The molecule has 0 aliphatic carbocycles. The number of aromatic nitrogens is 3. The Morgan fingerprint density at radius 3 is 2.96 bits per heavy atom. The molecule has 7 nitrogen and oxygen atoms in total. The monoisotopic (exact) mass is 355 g/mol. The van der Waals surface area contributed by atoms with Crippen LogP contribution in [0.4, 0.5) is 0 Å². The molecular weight excluding hydrogens is 330 g/mol. The summed E-state index contributed by atoms with van der Waals surface area (Å²) in [6.45, 7) is 3.49. The fourth-order valence-electron chi connectivity index (χ4n) is 3.93. The van der Waals surface area contributed by atoms with Gasteiger partial charge in [-0.15, -0.1) is 0 Å². The lowest BCUT2D eigenvalue weighted by Crippen LogP contribution is -2.41. The van der Waals surface area contributed by atoms with Crippen molar-refractivity contribution in [3.63, 3.8) is 0 Å². The lowest BCUT2D eigenvalue weighted by Gasteiger charge is -2.35. The molecule has 1 atom stereocenters. The maximum Gasteiger partial charge on any atom is 0.241 e. The number of hydrogen-bond donors (Lipinski definition) is 0. The molecule has 2 saturated heterocycles. The zero-order chi connectivity index (χ0) is 17.8. The smallest absolute Gasteiger partial charge is 0.241 e. The third kappa shape index (κ3) is 3.93. The molecule has 0 saturated carbocycles. The van der Waals surface area contributed by atoms with Crippen LogP contribution >= 0.6 is 0 Å². The Morgan fingerprint density at radius 1 is 1.19 bits per heavy atom. The van der Waals surface area contributed by atoms with E-state index in [9.17, 15) is 4.79 Å². The zero-order valence-corrected chi connectivity index (χ0v) is 15.0. The van der Waals surface area contributed by atoms with Crippen molar-refractivity contribution in [2.45, 2.75) is 51.1 Å². The van der Waals surface area contributed by atoms with Crippen molar-refractivity contribution < 1.29 is 9.32 Å². The molecule has 2 fully saturated rings. The van der Waals surface area contributed by atoms with Gasteiger partial charge in [0.25, 0.3) is 0 Å². The summed E-state index contributed by atoms with van der Waals surface area (Å²) in [6, 6.07) is 6.14. The van der Waals surface area contributed by atoms with Gasteiger partial charge in [0.2, 0.25) is 17.6 Å². The van der Waals surface area contributed by atoms with Crippen LogP contribution in [0.25, 0.3) is 11.5 Å². The van der Waals surface area contributed by atoms with E-state index in [2.05, 4.69) is 20.0 Å². The summed E-state index contributed by atoms with van der Waals surface area (Å²) in [7, 11) is 0. The number of pyridine rings is 1. The highest BCUT2D eigenvalue weighted by molar-refractivity contribution is 5.78. The first kappa shape index (κ1) is 17.1. The van der Waals surface area contributed by atoms with Crippen LogP contribution in [0.2, 0.25) is 0 Å². The third-order valence-electron chi connectivity index (χ3n) is 5.35. The minimum absolute atomic E-state index is 0.310. The SMILES string of the molecule is O=C1CCCN1CCC1CCCCN1Cc1nc(-c2ccccn2)no1. The maximum absolute atomic E-state index is 11.8. The average molecular weight is 355 g/mol. The number of likely N-dealkylation sites (tertiary alicyclic amines) is 2. The van der Waals surface area contributed by atoms with Crippen LogP contribution in [-0.4, -0.2) is 56.5 Å². The van der Waals surface area contributed by atoms with Crippen LogP contribution in [0, 0.1) is 0 Å². The van der Waals surface area contributed by atoms with Crippen LogP contribution in [0.5, 0.6) is 0 Å². The highest BCUT2D eigenvalue weighted by Gasteiger charge is 2.27. The van der Waals surface area contributed by atoms with Gasteiger partial charge in [0.05, 0.1) is 6.54 Å². The normalized spacial score (nSPS) is 21.5. The van der Waals surface area contributed by atoms with Gasteiger partial charge in [-0.2, -0.15) is 4.98 Å². The molecule has 2 aromatic heterocycles. The molecule has 0 bridgehead atoms. The van der Waals surface area contributed by atoms with Crippen molar-refractivity contribution in [3.8, 4) is 11.5 Å². The van der Waals surface area contributed by atoms with E-state index in [1.54, 1.807) is 6.20 Å². The van der Waals surface area contributed by atoms with E-state index in [1.807, 2.05) is 23.1 Å². The van der Waals surface area contributed by atoms with Gasteiger partial charge in [0.1, 0.15) is 5.69 Å². The van der Waals surface area contributed by atoms with Crippen molar-refractivity contribution >= 4 is 5.91 Å². The van der Waals surface area contributed by atoms with Gasteiger partial charge in [-0.3, -0.25) is 14.7 Å². The molecule has 0 radical (unpaired) electrons. The van der Waals surface area contributed by atoms with E-state index in [-0.39, 0.29) is 0 Å². The summed E-state index contributed by atoms with van der Waals surface area (Å²) in [4.78, 5) is 25.1. The first-order chi connectivity index (χ1) is 12.8. The van der Waals surface area contributed by atoms with Gasteiger partial charge in [-0.05, 0) is 44.4 Å². The van der Waals surface area contributed by atoms with Crippen molar-refractivity contribution in [3.05, 3.63) is 30.3 Å². The molecule has 0 spiro atoms. The van der Waals surface area contributed by atoms with E-state index >= 15 is 0 Å². The fourth-order valence-corrected chi connectivity index (χ4v) is 3.93. The first-order valence-corrected chi connectivity index (χ1v) is 9.55. The topological polar surface area (TPSA) is 75.4 Å². The summed E-state index contributed by atoms with van der Waals surface area (Å²) in [5.74, 6) is 1.48. The Balaban J connectivity index is 1.37. The molecule has 0 aromatic carbocycles. The number of carbonyl (C=O) groups excluding carboxylic acids is 1. The second-order valence-electron chi connectivity index (χ2n) is 7.12. The number of hydrogen-bond acceptors (Lipinski definition) is 6. The van der Waals surface area contributed by atoms with Gasteiger partial charge in [-0.1, -0.05) is 17.6 Å². The number of nitrogens with zero attached hydrogens (tertiary/aromatic N) is 5. The van der Waals surface area contributed by atoms with E-state index in [0.29, 0.717) is 36.6 Å². The molecule has 26 heavy (non-hydrogen) atoms. The van der Waals surface area contributed by atoms with Crippen LogP contribution in [0.1, 0.15) is 44.4 Å². The van der Waals surface area contributed by atoms with Crippen LogP contribution in [-0.2, 0) is 11.3 Å². The summed E-state index contributed by atoms with van der Waals surface area (Å²) in [6.07, 6.45) is 8.08. The van der Waals surface area contributed by atoms with E-state index in [4.69, 9.17) is 4.52 Å². The molecule has 2 aliphatic rings. The van der Waals surface area contributed by atoms with Gasteiger partial charge < -0.3 is 9.42 Å². The standard InChI is InChI=1S/C19H25N5O2/c25-18-8-5-12-23(18)13-9-15-6-2-4-11-24(15)14-17-21-19(22-26-17)16-7-1-3-10-20-16/h1,3,7,10,15H,2,4-6,8-9,11-14H2. The lowest BCUT2D eigenvalue weighted by molar-refractivity contribution is -0.127. The van der Waals surface area contributed by atoms with Gasteiger partial charge in [-0.25, -0.2) is 0 Å². The molecule has 7 heteroatoms. The Bertz CT molecular complexity index is 733. The van der Waals surface area contributed by atoms with E-state index in [1.165, 1.54) is 19.3 Å². The quantitative estimate of drug-likeness (QED) is 0.792. The molecule has 4 heterocycles. The average Bonchev–Trinajstić information content (AvgIpc) is 3.31. The first-order valence-electron chi connectivity index (χ1n) is 9.55. The van der Waals surface area contributed by atoms with E-state index < -0.39 is 0 Å². The molecule has 1 amide bonds. The summed E-state index contributed by atoms with van der Waals surface area (Å²) in [5, 5.41) is 4.07. The molecule has 4 rings (SSSR count). The highest BCUT2D eigenvalue weighted by atomic mass is 16.5. The van der Waals surface area contributed by atoms with Gasteiger partial charge in [0.15, 0.2) is 0 Å². The number of rotatable bonds is 6. The molecule has 0 N–H and O–H groups in total. The molecule has 2 aromatic rings. The van der Waals surface area contributed by atoms with Gasteiger partial charge >= 0.3 is 0 Å². The Kier molecular flexibility index (Phi) is 5.24. The number of piperidine rings is 1. The number of carbonyl (C=O) groups is 1. The fraction of sp³-hybridized carbons (Fsp3) is 0.579. The Hall–Kier alpha value is -2.28.